The number of nitrogens with zero attached hydrogens (tertiary/aromatic N) is 2. The molecule has 4 heteroatoms. The Hall–Kier alpha value is -1.42. The predicted molar refractivity (Wildman–Crippen MR) is 86.1 cm³/mol. The van der Waals surface area contributed by atoms with E-state index in [-0.39, 0.29) is 0 Å². The number of nitrogens with one attached hydrogen (secondary N) is 1. The molecule has 0 aliphatic heterocycles. The molecule has 0 saturated carbocycles. The Bertz CT molecular complexity index is 652. The van der Waals surface area contributed by atoms with E-state index in [1.54, 1.807) is 0 Å². The highest BCUT2D eigenvalue weighted by molar-refractivity contribution is 9.10. The van der Waals surface area contributed by atoms with Crippen molar-refractivity contribution < 1.29 is 0 Å². The van der Waals surface area contributed by atoms with E-state index in [9.17, 15) is 0 Å². The molecule has 0 saturated heterocycles. The topological polar surface area (TPSA) is 37.8 Å². The molecule has 1 N–H and O–H groups in total. The van der Waals surface area contributed by atoms with Gasteiger partial charge in [0.05, 0.1) is 0 Å². The maximum absolute atomic E-state index is 4.78. The van der Waals surface area contributed by atoms with Crippen molar-refractivity contribution in [1.29, 1.82) is 0 Å². The maximum atomic E-state index is 4.78. The summed E-state index contributed by atoms with van der Waals surface area (Å²) < 4.78 is 1.05. The van der Waals surface area contributed by atoms with Crippen molar-refractivity contribution in [3.05, 3.63) is 39.5 Å². The standard InChI is InChI=1S/C16H18BrN3/c1-3-18-15-12-5-4-6-14(12)19-16(20-15)11-8-7-10(2)9-13(11)17/h7-9H,3-6H2,1-2H3,(H,18,19,20). The highest BCUT2D eigenvalue weighted by Gasteiger charge is 2.20. The van der Waals surface area contributed by atoms with Crippen LogP contribution in [0.15, 0.2) is 22.7 Å². The molecule has 0 fully saturated rings. The average Bonchev–Trinajstić information content (AvgIpc) is 2.87. The van der Waals surface area contributed by atoms with Crippen LogP contribution < -0.4 is 5.32 Å². The molecule has 0 atom stereocenters. The molecule has 0 bridgehead atoms. The molecule has 1 aliphatic carbocycles. The minimum Gasteiger partial charge on any atom is -0.370 e. The van der Waals surface area contributed by atoms with Crippen LogP contribution in [0, 0.1) is 6.92 Å². The first-order valence-electron chi connectivity index (χ1n) is 7.09. The van der Waals surface area contributed by atoms with E-state index in [2.05, 4.69) is 53.3 Å². The van der Waals surface area contributed by atoms with Crippen molar-refractivity contribution in [3.8, 4) is 11.4 Å². The zero-order valence-electron chi connectivity index (χ0n) is 11.8. The van der Waals surface area contributed by atoms with Crippen LogP contribution in [0.4, 0.5) is 5.82 Å². The Morgan fingerprint density at radius 1 is 1.25 bits per heavy atom. The third-order valence-electron chi connectivity index (χ3n) is 3.64. The summed E-state index contributed by atoms with van der Waals surface area (Å²) in [4.78, 5) is 9.52. The monoisotopic (exact) mass is 331 g/mol. The van der Waals surface area contributed by atoms with Gasteiger partial charge in [0.2, 0.25) is 0 Å². The lowest BCUT2D eigenvalue weighted by molar-refractivity contribution is 0.900. The first-order chi connectivity index (χ1) is 9.69. The van der Waals surface area contributed by atoms with Gasteiger partial charge in [0, 0.05) is 27.8 Å². The SMILES string of the molecule is CCNc1nc(-c2ccc(C)cc2Br)nc2c1CCC2. The molecule has 1 aliphatic rings. The van der Waals surface area contributed by atoms with Crippen LogP contribution in [-0.4, -0.2) is 16.5 Å². The van der Waals surface area contributed by atoms with Gasteiger partial charge in [0.25, 0.3) is 0 Å². The van der Waals surface area contributed by atoms with Crippen molar-refractivity contribution in [1.82, 2.24) is 9.97 Å². The van der Waals surface area contributed by atoms with E-state index >= 15 is 0 Å². The molecular formula is C16H18BrN3. The van der Waals surface area contributed by atoms with Gasteiger partial charge >= 0.3 is 0 Å². The summed E-state index contributed by atoms with van der Waals surface area (Å²) in [5.74, 6) is 1.82. The third kappa shape index (κ3) is 2.44. The summed E-state index contributed by atoms with van der Waals surface area (Å²) >= 11 is 3.63. The average molecular weight is 332 g/mol. The summed E-state index contributed by atoms with van der Waals surface area (Å²) in [6.07, 6.45) is 3.33. The molecule has 0 unspecified atom stereocenters. The number of aromatic nitrogens is 2. The van der Waals surface area contributed by atoms with Crippen molar-refractivity contribution in [2.75, 3.05) is 11.9 Å². The number of rotatable bonds is 3. The minimum atomic E-state index is 0.813. The number of hydrogen-bond donors (Lipinski definition) is 1. The molecule has 1 aromatic heterocycles. The number of anilines is 1. The normalized spacial score (nSPS) is 13.3. The number of benzene rings is 1. The summed E-state index contributed by atoms with van der Waals surface area (Å²) in [6.45, 7) is 5.07. The smallest absolute Gasteiger partial charge is 0.162 e. The highest BCUT2D eigenvalue weighted by Crippen LogP contribution is 2.32. The first kappa shape index (κ1) is 13.6. The molecular weight excluding hydrogens is 314 g/mol. The van der Waals surface area contributed by atoms with Crippen molar-refractivity contribution in [2.45, 2.75) is 33.1 Å². The fourth-order valence-electron chi connectivity index (χ4n) is 2.67. The number of aryl methyl sites for hydroxylation is 2. The van der Waals surface area contributed by atoms with Gasteiger partial charge in [-0.1, -0.05) is 22.0 Å². The van der Waals surface area contributed by atoms with Gasteiger partial charge < -0.3 is 5.32 Å². The van der Waals surface area contributed by atoms with Crippen LogP contribution >= 0.6 is 15.9 Å². The van der Waals surface area contributed by atoms with E-state index in [0.717, 1.165) is 41.1 Å². The van der Waals surface area contributed by atoms with Gasteiger partial charge in [-0.05, 0) is 50.8 Å². The minimum absolute atomic E-state index is 0.813. The Labute approximate surface area is 128 Å². The number of fused-ring (bicyclic) bond motifs is 1. The zero-order valence-corrected chi connectivity index (χ0v) is 13.4. The second-order valence-corrected chi connectivity index (χ2v) is 6.04. The van der Waals surface area contributed by atoms with Gasteiger partial charge in [0.15, 0.2) is 5.82 Å². The predicted octanol–water partition coefficient (Wildman–Crippen LogP) is 4.14. The maximum Gasteiger partial charge on any atom is 0.162 e. The number of halogens is 1. The van der Waals surface area contributed by atoms with Crippen LogP contribution in [0.5, 0.6) is 0 Å². The van der Waals surface area contributed by atoms with E-state index in [4.69, 9.17) is 9.97 Å². The first-order valence-corrected chi connectivity index (χ1v) is 7.88. The molecule has 0 radical (unpaired) electrons. The van der Waals surface area contributed by atoms with Crippen LogP contribution in [0.2, 0.25) is 0 Å². The second-order valence-electron chi connectivity index (χ2n) is 5.19. The summed E-state index contributed by atoms with van der Waals surface area (Å²) in [5.41, 5.74) is 4.80. The Morgan fingerprint density at radius 2 is 2.10 bits per heavy atom. The molecule has 3 rings (SSSR count). The second kappa shape index (κ2) is 5.52. The van der Waals surface area contributed by atoms with Gasteiger partial charge in [-0.25, -0.2) is 9.97 Å². The lowest BCUT2D eigenvalue weighted by Gasteiger charge is -2.12. The zero-order chi connectivity index (χ0) is 14.1. The summed E-state index contributed by atoms with van der Waals surface area (Å²) in [7, 11) is 0. The van der Waals surface area contributed by atoms with Gasteiger partial charge in [-0.3, -0.25) is 0 Å². The van der Waals surface area contributed by atoms with E-state index in [1.165, 1.54) is 23.2 Å². The van der Waals surface area contributed by atoms with Gasteiger partial charge in [-0.15, -0.1) is 0 Å². The van der Waals surface area contributed by atoms with Crippen LogP contribution in [-0.2, 0) is 12.8 Å². The van der Waals surface area contributed by atoms with Gasteiger partial charge in [-0.2, -0.15) is 0 Å². The molecule has 0 amide bonds. The molecule has 0 spiro atoms. The molecule has 1 heterocycles. The quantitative estimate of drug-likeness (QED) is 0.918. The fourth-order valence-corrected chi connectivity index (χ4v) is 3.34. The highest BCUT2D eigenvalue weighted by atomic mass is 79.9. The molecule has 2 aromatic rings. The lowest BCUT2D eigenvalue weighted by atomic mass is 10.1. The van der Waals surface area contributed by atoms with Crippen LogP contribution in [0.3, 0.4) is 0 Å². The van der Waals surface area contributed by atoms with Crippen LogP contribution in [0.1, 0.15) is 30.2 Å². The third-order valence-corrected chi connectivity index (χ3v) is 4.30. The lowest BCUT2D eigenvalue weighted by Crippen LogP contribution is -2.06. The van der Waals surface area contributed by atoms with Crippen molar-refractivity contribution in [2.24, 2.45) is 0 Å². The summed E-state index contributed by atoms with van der Waals surface area (Å²) in [6, 6.07) is 6.30. The van der Waals surface area contributed by atoms with E-state index in [1.807, 2.05) is 0 Å². The molecule has 1 aromatic carbocycles. The van der Waals surface area contributed by atoms with Crippen molar-refractivity contribution >= 4 is 21.7 Å². The summed E-state index contributed by atoms with van der Waals surface area (Å²) in [5, 5.41) is 3.38. The van der Waals surface area contributed by atoms with Gasteiger partial charge in [0.1, 0.15) is 5.82 Å². The number of hydrogen-bond acceptors (Lipinski definition) is 3. The van der Waals surface area contributed by atoms with E-state index in [0.29, 0.717) is 0 Å². The van der Waals surface area contributed by atoms with Crippen molar-refractivity contribution in [3.63, 3.8) is 0 Å². The Morgan fingerprint density at radius 3 is 2.85 bits per heavy atom. The molecule has 3 nitrogen and oxygen atoms in total. The largest absolute Gasteiger partial charge is 0.370 e. The fraction of sp³-hybridized carbons (Fsp3) is 0.375. The van der Waals surface area contributed by atoms with E-state index < -0.39 is 0 Å². The Kier molecular flexibility index (Phi) is 3.74. The molecule has 20 heavy (non-hydrogen) atoms. The van der Waals surface area contributed by atoms with Crippen LogP contribution in [0.25, 0.3) is 11.4 Å². The molecule has 104 valence electrons. The Balaban J connectivity index is 2.12.